The van der Waals surface area contributed by atoms with E-state index in [2.05, 4.69) is 9.61 Å². The Morgan fingerprint density at radius 3 is 2.20 bits per heavy atom. The highest BCUT2D eigenvalue weighted by Crippen LogP contribution is 1.55. The van der Waals surface area contributed by atoms with Crippen molar-refractivity contribution in [3.05, 3.63) is 0 Å². The summed E-state index contributed by atoms with van der Waals surface area (Å²) in [5, 5.41) is 0. The van der Waals surface area contributed by atoms with Crippen LogP contribution in [0.1, 0.15) is 0 Å². The molecule has 5 heavy (non-hydrogen) atoms. The Labute approximate surface area is 33.9 Å². The van der Waals surface area contributed by atoms with Crippen LogP contribution in [0.5, 0.6) is 0 Å². The second kappa shape index (κ2) is 4.11. The molecule has 0 heterocycles. The Bertz CT molecular complexity index is 12.4. The Kier molecular flexibility index (Phi) is 4.21. The van der Waals surface area contributed by atoms with E-state index >= 15 is 0 Å². The lowest BCUT2D eigenvalue weighted by Gasteiger charge is -1.87. The number of hydrogen-bond acceptors (Lipinski definition) is 2. The maximum atomic E-state index is 4.33. The normalized spacial score (nSPS) is 7.20. The minimum atomic E-state index is 0.622. The van der Waals surface area contributed by atoms with Crippen LogP contribution in [-0.2, 0) is 9.61 Å². The van der Waals surface area contributed by atoms with Crippen molar-refractivity contribution in [1.82, 2.24) is 0 Å². The summed E-state index contributed by atoms with van der Waals surface area (Å²) in [6.07, 6.45) is 0. The molecule has 0 saturated carbocycles. The zero-order valence-corrected chi connectivity index (χ0v) is 3.52. The topological polar surface area (TPSA) is 18.5 Å². The fourth-order valence-corrected chi connectivity index (χ4v) is 0.118. The summed E-state index contributed by atoms with van der Waals surface area (Å²) in [4.78, 5) is 8.52. The third-order valence-electron chi connectivity index (χ3n) is 0.236. The molecular weight excluding hydrogens is 64.4 g/mol. The predicted molar refractivity (Wildman–Crippen MR) is 26.4 cm³/mol. The van der Waals surface area contributed by atoms with Crippen LogP contribution >= 0.6 is 0 Å². The van der Waals surface area contributed by atoms with Crippen molar-refractivity contribution in [3.63, 3.8) is 0 Å². The average Bonchev–Trinajstić information content (AvgIpc) is 1.41. The maximum Gasteiger partial charge on any atom is 0.303 e. The summed E-state index contributed by atoms with van der Waals surface area (Å²) in [5.41, 5.74) is 0. The van der Waals surface area contributed by atoms with Crippen LogP contribution in [0.3, 0.4) is 0 Å². The molecule has 0 unspecified atom stereocenters. The molecule has 0 amide bonds. The largest absolute Gasteiger partial charge is 0.337 e. The van der Waals surface area contributed by atoms with E-state index in [1.807, 2.05) is 7.74 Å². The monoisotopic (exact) mass is 70.1 g/mol. The molecule has 0 rings (SSSR count). The molecule has 0 N–H and O–H groups in total. The standard InChI is InChI=1S/B3H5O2/c1-3-5-4-2/h3H,1-2H2. The highest BCUT2D eigenvalue weighted by atomic mass is 17.2. The molecule has 0 aromatic rings. The van der Waals surface area contributed by atoms with Gasteiger partial charge in [-0.2, -0.15) is 0 Å². The highest BCUT2D eigenvalue weighted by Gasteiger charge is 1.70. The minimum Gasteiger partial charge on any atom is -0.337 e. The van der Waals surface area contributed by atoms with Crippen LogP contribution in [0.2, 0.25) is 0 Å². The molecule has 0 bridgehead atoms. The van der Waals surface area contributed by atoms with Crippen molar-refractivity contribution in [2.75, 3.05) is 0 Å². The van der Waals surface area contributed by atoms with Gasteiger partial charge >= 0.3 is 8.05 Å². The lowest BCUT2D eigenvalue weighted by atomic mass is 9.73. The third-order valence-corrected chi connectivity index (χ3v) is 0.236. The average molecular weight is 69.5 g/mol. The lowest BCUT2D eigenvalue weighted by Crippen LogP contribution is -1.95. The van der Waals surface area contributed by atoms with Crippen LogP contribution in [-0.4, -0.2) is 23.2 Å². The first-order chi connectivity index (χ1) is 2.41. The Morgan fingerprint density at radius 1 is 1.60 bits per heavy atom. The molecule has 0 aliphatic carbocycles. The molecular formula is H5B3O2. The second-order valence-corrected chi connectivity index (χ2v) is 0.573. The molecule has 0 aromatic carbocycles. The summed E-state index contributed by atoms with van der Waals surface area (Å²) in [7, 11) is 3.98. The summed E-state index contributed by atoms with van der Waals surface area (Å²) in [6.45, 7) is 0. The quantitative estimate of drug-likeness (QED) is 0.201. The van der Waals surface area contributed by atoms with Gasteiger partial charge in [-0.3, -0.25) is 0 Å². The van der Waals surface area contributed by atoms with Gasteiger partial charge in [-0.05, 0) is 0 Å². The SMILES string of the molecule is BBOOB. The molecule has 2 nitrogen and oxygen atoms in total. The first-order valence-electron chi connectivity index (χ1n) is 1.57. The van der Waals surface area contributed by atoms with E-state index in [1.54, 1.807) is 0 Å². The van der Waals surface area contributed by atoms with Gasteiger partial charge < -0.3 is 9.61 Å². The molecule has 26 valence electrons. The van der Waals surface area contributed by atoms with Crippen molar-refractivity contribution in [2.24, 2.45) is 0 Å². The van der Waals surface area contributed by atoms with E-state index in [-0.39, 0.29) is 0 Å². The van der Waals surface area contributed by atoms with Crippen LogP contribution < -0.4 is 0 Å². The van der Waals surface area contributed by atoms with Crippen molar-refractivity contribution in [2.45, 2.75) is 0 Å². The van der Waals surface area contributed by atoms with Gasteiger partial charge in [0, 0.05) is 0 Å². The van der Waals surface area contributed by atoms with Crippen molar-refractivity contribution >= 4 is 23.2 Å². The lowest BCUT2D eigenvalue weighted by molar-refractivity contribution is -0.0884. The van der Waals surface area contributed by atoms with Crippen LogP contribution in [0.15, 0.2) is 0 Å². The first kappa shape index (κ1) is 5.11. The Morgan fingerprint density at radius 2 is 2.20 bits per heavy atom. The van der Waals surface area contributed by atoms with Gasteiger partial charge in [0.2, 0.25) is 0 Å². The fraction of sp³-hybridized carbons (Fsp3) is 0. The van der Waals surface area contributed by atoms with E-state index in [4.69, 9.17) is 0 Å². The molecule has 0 radical (unpaired) electrons. The van der Waals surface area contributed by atoms with Crippen molar-refractivity contribution < 1.29 is 9.61 Å². The van der Waals surface area contributed by atoms with Crippen molar-refractivity contribution in [1.29, 1.82) is 0 Å². The first-order valence-corrected chi connectivity index (χ1v) is 1.57. The molecule has 0 fully saturated rings. The molecule has 0 aliphatic heterocycles. The molecule has 0 aromatic heterocycles. The number of hydrogen-bond donors (Lipinski definition) is 0. The Balaban J connectivity index is 2.19. The maximum absolute atomic E-state index is 4.33. The predicted octanol–water partition coefficient (Wildman–Crippen LogP) is -2.62. The van der Waals surface area contributed by atoms with Gasteiger partial charge in [0.25, 0.3) is 7.37 Å². The molecule has 5 heteroatoms. The van der Waals surface area contributed by atoms with Gasteiger partial charge in [-0.15, -0.1) is 0 Å². The second-order valence-electron chi connectivity index (χ2n) is 0.573. The van der Waals surface area contributed by atoms with E-state index in [0.29, 0.717) is 7.37 Å². The van der Waals surface area contributed by atoms with Crippen LogP contribution in [0, 0.1) is 0 Å². The number of rotatable bonds is 2. The van der Waals surface area contributed by atoms with E-state index in [1.165, 1.54) is 8.05 Å². The molecule has 0 saturated heterocycles. The summed E-state index contributed by atoms with van der Waals surface area (Å²) in [5.74, 6) is 0. The van der Waals surface area contributed by atoms with E-state index in [9.17, 15) is 0 Å². The molecule has 0 spiro atoms. The van der Waals surface area contributed by atoms with Gasteiger partial charge in [0.05, 0.1) is 0 Å². The van der Waals surface area contributed by atoms with Gasteiger partial charge in [0.15, 0.2) is 0 Å². The highest BCUT2D eigenvalue weighted by molar-refractivity contribution is 6.85. The molecule has 0 aliphatic rings. The van der Waals surface area contributed by atoms with E-state index < -0.39 is 0 Å². The van der Waals surface area contributed by atoms with Gasteiger partial charge in [-0.1, -0.05) is 0 Å². The summed E-state index contributed by atoms with van der Waals surface area (Å²) in [6, 6.07) is 0. The van der Waals surface area contributed by atoms with Crippen molar-refractivity contribution in [3.8, 4) is 0 Å². The van der Waals surface area contributed by atoms with E-state index in [0.717, 1.165) is 0 Å². The van der Waals surface area contributed by atoms with Gasteiger partial charge in [0.1, 0.15) is 7.74 Å². The van der Waals surface area contributed by atoms with Crippen LogP contribution in [0.4, 0.5) is 0 Å². The molecule has 0 atom stereocenters. The van der Waals surface area contributed by atoms with Crippen LogP contribution in [0.25, 0.3) is 0 Å². The fourth-order valence-electron chi connectivity index (χ4n) is 0.118. The zero-order valence-electron chi connectivity index (χ0n) is 3.52. The zero-order chi connectivity index (χ0) is 4.12. The van der Waals surface area contributed by atoms with Gasteiger partial charge in [-0.25, -0.2) is 0 Å². The summed E-state index contributed by atoms with van der Waals surface area (Å²) < 4.78 is 0. The smallest absolute Gasteiger partial charge is 0.303 e. The Hall–Kier alpha value is 0.115. The summed E-state index contributed by atoms with van der Waals surface area (Å²) >= 11 is 0. The third kappa shape index (κ3) is 4.11. The minimum absolute atomic E-state index is 0.622.